The van der Waals surface area contributed by atoms with Crippen LogP contribution in [-0.2, 0) is 21.2 Å². The van der Waals surface area contributed by atoms with Crippen LogP contribution in [0, 0.1) is 0 Å². The van der Waals surface area contributed by atoms with Crippen LogP contribution < -0.4 is 14.8 Å². The summed E-state index contributed by atoms with van der Waals surface area (Å²) in [6, 6.07) is 11.6. The van der Waals surface area contributed by atoms with Gasteiger partial charge in [-0.05, 0) is 42.0 Å². The van der Waals surface area contributed by atoms with E-state index in [1.54, 1.807) is 5.32 Å². The predicted octanol–water partition coefficient (Wildman–Crippen LogP) is 2.72. The summed E-state index contributed by atoms with van der Waals surface area (Å²) in [5.41, 5.74) is 0.701. The summed E-state index contributed by atoms with van der Waals surface area (Å²) in [5.74, 6) is -0.263. The number of carbonyl (C=O) groups excluding carboxylic acids is 1. The summed E-state index contributed by atoms with van der Waals surface area (Å²) in [5, 5.41) is 1.77. The average Bonchev–Trinajstić information content (AvgIpc) is 2.61. The Hall–Kier alpha value is -2.75. The number of carbonyl (C=O) groups is 1. The van der Waals surface area contributed by atoms with Crippen molar-refractivity contribution < 1.29 is 31.1 Å². The molecule has 0 spiro atoms. The van der Waals surface area contributed by atoms with E-state index in [-0.39, 0.29) is 17.0 Å². The molecule has 2 aromatic rings. The highest BCUT2D eigenvalue weighted by Gasteiger charge is 2.27. The largest absolute Gasteiger partial charge is 0.497 e. The quantitative estimate of drug-likeness (QED) is 0.746. The standard InChI is InChI=1S/C17H17F3N2O4S/c1-26-14-6-8-15(9-7-14)27(24,25)22-13-4-2-12(3-5-13)10-16(23)21-11-17(18,19)20/h2-9,22H,10-11H2,1H3,(H,21,23). The lowest BCUT2D eigenvalue weighted by atomic mass is 10.1. The molecule has 2 rings (SSSR count). The normalized spacial score (nSPS) is 11.7. The lowest BCUT2D eigenvalue weighted by molar-refractivity contribution is -0.138. The second kappa shape index (κ2) is 8.30. The molecule has 6 nitrogen and oxygen atoms in total. The molecule has 0 radical (unpaired) electrons. The Bertz CT molecular complexity index is 880. The highest BCUT2D eigenvalue weighted by Crippen LogP contribution is 2.19. The first-order valence-electron chi connectivity index (χ1n) is 7.68. The molecular formula is C17H17F3N2O4S. The fourth-order valence-electron chi connectivity index (χ4n) is 2.11. The molecule has 10 heteroatoms. The fraction of sp³-hybridized carbons (Fsp3) is 0.235. The summed E-state index contributed by atoms with van der Waals surface area (Å²) >= 11 is 0. The number of rotatable bonds is 7. The summed E-state index contributed by atoms with van der Waals surface area (Å²) in [7, 11) is -2.34. The second-order valence-corrected chi connectivity index (χ2v) is 7.23. The van der Waals surface area contributed by atoms with Crippen LogP contribution >= 0.6 is 0 Å². The number of nitrogens with one attached hydrogen (secondary N) is 2. The van der Waals surface area contributed by atoms with E-state index >= 15 is 0 Å². The van der Waals surface area contributed by atoms with Crippen LogP contribution in [0.5, 0.6) is 5.75 Å². The zero-order chi connectivity index (χ0) is 20.1. The van der Waals surface area contributed by atoms with E-state index in [4.69, 9.17) is 4.74 Å². The molecule has 0 heterocycles. The van der Waals surface area contributed by atoms with Gasteiger partial charge in [0, 0.05) is 5.69 Å². The lowest BCUT2D eigenvalue weighted by Crippen LogP contribution is -2.34. The van der Waals surface area contributed by atoms with Crippen LogP contribution in [-0.4, -0.2) is 34.2 Å². The topological polar surface area (TPSA) is 84.5 Å². The number of sulfonamides is 1. The zero-order valence-electron chi connectivity index (χ0n) is 14.2. The Labute approximate surface area is 154 Å². The van der Waals surface area contributed by atoms with E-state index < -0.39 is 28.7 Å². The van der Waals surface area contributed by atoms with Gasteiger partial charge in [0.2, 0.25) is 5.91 Å². The van der Waals surface area contributed by atoms with Crippen LogP contribution in [0.25, 0.3) is 0 Å². The maximum atomic E-state index is 12.3. The molecule has 0 fully saturated rings. The Morgan fingerprint density at radius 1 is 1.04 bits per heavy atom. The molecular weight excluding hydrogens is 385 g/mol. The number of anilines is 1. The van der Waals surface area contributed by atoms with Crippen LogP contribution in [0.2, 0.25) is 0 Å². The van der Waals surface area contributed by atoms with Crippen molar-refractivity contribution in [2.75, 3.05) is 18.4 Å². The number of hydrogen-bond donors (Lipinski definition) is 2. The molecule has 0 bridgehead atoms. The van der Waals surface area contributed by atoms with Crippen LogP contribution in [0.4, 0.5) is 18.9 Å². The van der Waals surface area contributed by atoms with Gasteiger partial charge < -0.3 is 10.1 Å². The minimum Gasteiger partial charge on any atom is -0.497 e. The van der Waals surface area contributed by atoms with Gasteiger partial charge in [-0.15, -0.1) is 0 Å². The molecule has 0 aliphatic carbocycles. The summed E-state index contributed by atoms with van der Waals surface area (Å²) in [6.07, 6.45) is -4.72. The molecule has 0 aromatic heterocycles. The molecule has 2 N–H and O–H groups in total. The van der Waals surface area contributed by atoms with Gasteiger partial charge in [-0.3, -0.25) is 9.52 Å². The van der Waals surface area contributed by atoms with Crippen molar-refractivity contribution in [1.82, 2.24) is 5.32 Å². The van der Waals surface area contributed by atoms with Crippen LogP contribution in [0.1, 0.15) is 5.56 Å². The van der Waals surface area contributed by atoms with E-state index in [0.29, 0.717) is 11.3 Å². The van der Waals surface area contributed by atoms with Gasteiger partial charge in [0.15, 0.2) is 0 Å². The first-order chi connectivity index (χ1) is 12.6. The first kappa shape index (κ1) is 20.6. The SMILES string of the molecule is COc1ccc(S(=O)(=O)Nc2ccc(CC(=O)NCC(F)(F)F)cc2)cc1. The molecule has 27 heavy (non-hydrogen) atoms. The van der Waals surface area contributed by atoms with Crippen molar-refractivity contribution in [3.05, 3.63) is 54.1 Å². The molecule has 0 unspecified atom stereocenters. The van der Waals surface area contributed by atoms with Crippen molar-refractivity contribution in [3.8, 4) is 5.75 Å². The zero-order valence-corrected chi connectivity index (χ0v) is 15.0. The van der Waals surface area contributed by atoms with Gasteiger partial charge in [0.1, 0.15) is 12.3 Å². The number of alkyl halides is 3. The molecule has 2 aromatic carbocycles. The van der Waals surface area contributed by atoms with Crippen molar-refractivity contribution >= 4 is 21.6 Å². The minimum absolute atomic E-state index is 0.0407. The Balaban J connectivity index is 1.99. The number of halogens is 3. The maximum Gasteiger partial charge on any atom is 0.405 e. The van der Waals surface area contributed by atoms with Crippen LogP contribution in [0.15, 0.2) is 53.4 Å². The third-order valence-electron chi connectivity index (χ3n) is 3.43. The third-order valence-corrected chi connectivity index (χ3v) is 4.82. The highest BCUT2D eigenvalue weighted by molar-refractivity contribution is 7.92. The van der Waals surface area contributed by atoms with Crippen LogP contribution in [0.3, 0.4) is 0 Å². The summed E-state index contributed by atoms with van der Waals surface area (Å²) in [4.78, 5) is 11.5. The molecule has 0 saturated carbocycles. The number of amides is 1. The van der Waals surface area contributed by atoms with Gasteiger partial charge in [-0.25, -0.2) is 8.42 Å². The first-order valence-corrected chi connectivity index (χ1v) is 9.17. The molecule has 0 atom stereocenters. The van der Waals surface area contributed by atoms with E-state index in [0.717, 1.165) is 0 Å². The van der Waals surface area contributed by atoms with E-state index in [2.05, 4.69) is 4.72 Å². The molecule has 0 saturated heterocycles. The van der Waals surface area contributed by atoms with Gasteiger partial charge >= 0.3 is 6.18 Å². The number of methoxy groups -OCH3 is 1. The summed E-state index contributed by atoms with van der Waals surface area (Å²) < 4.78 is 68.2. The maximum absolute atomic E-state index is 12.3. The molecule has 0 aliphatic rings. The average molecular weight is 402 g/mol. The predicted molar refractivity (Wildman–Crippen MR) is 93.0 cm³/mol. The van der Waals surface area contributed by atoms with Gasteiger partial charge in [-0.2, -0.15) is 13.2 Å². The second-order valence-electron chi connectivity index (χ2n) is 5.55. The molecule has 1 amide bonds. The van der Waals surface area contributed by atoms with E-state index in [1.165, 1.54) is 55.6 Å². The van der Waals surface area contributed by atoms with Crippen molar-refractivity contribution in [3.63, 3.8) is 0 Å². The Morgan fingerprint density at radius 3 is 2.15 bits per heavy atom. The van der Waals surface area contributed by atoms with Crippen molar-refractivity contribution in [2.45, 2.75) is 17.5 Å². The Kier molecular flexibility index (Phi) is 6.32. The van der Waals surface area contributed by atoms with Gasteiger partial charge in [0.05, 0.1) is 18.4 Å². The minimum atomic E-state index is -4.47. The molecule has 146 valence electrons. The molecule has 0 aliphatic heterocycles. The van der Waals surface area contributed by atoms with Gasteiger partial charge in [0.25, 0.3) is 10.0 Å². The smallest absolute Gasteiger partial charge is 0.405 e. The van der Waals surface area contributed by atoms with E-state index in [9.17, 15) is 26.4 Å². The number of hydrogen-bond acceptors (Lipinski definition) is 4. The number of benzene rings is 2. The fourth-order valence-corrected chi connectivity index (χ4v) is 3.16. The van der Waals surface area contributed by atoms with Gasteiger partial charge in [-0.1, -0.05) is 12.1 Å². The lowest BCUT2D eigenvalue weighted by Gasteiger charge is -2.10. The number of ether oxygens (including phenoxy) is 1. The highest BCUT2D eigenvalue weighted by atomic mass is 32.2. The monoisotopic (exact) mass is 402 g/mol. The Morgan fingerprint density at radius 2 is 1.63 bits per heavy atom. The van der Waals surface area contributed by atoms with Crippen molar-refractivity contribution in [2.24, 2.45) is 0 Å². The van der Waals surface area contributed by atoms with E-state index in [1.807, 2.05) is 0 Å². The summed E-state index contributed by atoms with van der Waals surface area (Å²) in [6.45, 7) is -1.40. The third kappa shape index (κ3) is 6.48. The van der Waals surface area contributed by atoms with Crippen molar-refractivity contribution in [1.29, 1.82) is 0 Å².